The van der Waals surface area contributed by atoms with Gasteiger partial charge in [0.05, 0.1) is 29.0 Å². The molecule has 9 nitrogen and oxygen atoms in total. The van der Waals surface area contributed by atoms with Crippen LogP contribution in [0.2, 0.25) is 0 Å². The molecule has 0 aliphatic rings. The summed E-state index contributed by atoms with van der Waals surface area (Å²) < 4.78 is 5.96. The van der Waals surface area contributed by atoms with Crippen LogP contribution in [0.3, 0.4) is 0 Å². The summed E-state index contributed by atoms with van der Waals surface area (Å²) in [4.78, 5) is 32.8. The summed E-state index contributed by atoms with van der Waals surface area (Å²) in [6, 6.07) is 4.90. The molecule has 2 amide bonds. The molecule has 0 aromatic carbocycles. The number of nitrogens with two attached hydrogens (primary N) is 1. The number of aryl methyl sites for hydroxylation is 1. The number of amides is 2. The van der Waals surface area contributed by atoms with E-state index in [2.05, 4.69) is 41.6 Å². The maximum Gasteiger partial charge on any atom is 0.412 e. The van der Waals surface area contributed by atoms with E-state index in [1.165, 1.54) is 12.4 Å². The highest BCUT2D eigenvalue weighted by molar-refractivity contribution is 9.10. The Hall–Kier alpha value is -3.01. The van der Waals surface area contributed by atoms with E-state index in [9.17, 15) is 9.59 Å². The Kier molecular flexibility index (Phi) is 6.68. The second kappa shape index (κ2) is 8.79. The zero-order valence-electron chi connectivity index (χ0n) is 15.9. The molecule has 4 N–H and O–H groups in total. The second-order valence-electron chi connectivity index (χ2n) is 6.78. The summed E-state index contributed by atoms with van der Waals surface area (Å²) in [6.07, 6.45) is 2.37. The van der Waals surface area contributed by atoms with Gasteiger partial charge in [-0.25, -0.2) is 4.79 Å². The Morgan fingerprint density at radius 2 is 1.89 bits per heavy atom. The van der Waals surface area contributed by atoms with Crippen LogP contribution in [-0.4, -0.2) is 33.3 Å². The minimum absolute atomic E-state index is 0.0441. The number of rotatable bonds is 4. The van der Waals surface area contributed by atoms with Crippen molar-refractivity contribution >= 4 is 45.0 Å². The van der Waals surface area contributed by atoms with E-state index in [0.717, 1.165) is 4.47 Å². The Morgan fingerprint density at radius 1 is 1.18 bits per heavy atom. The first kappa shape index (κ1) is 21.3. The minimum Gasteiger partial charge on any atom is -0.444 e. The van der Waals surface area contributed by atoms with Gasteiger partial charge in [-0.3, -0.25) is 20.1 Å². The number of carbonyl (C=O) groups excluding carboxylic acids is 2. The van der Waals surface area contributed by atoms with Gasteiger partial charge in [0.15, 0.2) is 5.71 Å². The largest absolute Gasteiger partial charge is 0.444 e. The van der Waals surface area contributed by atoms with Crippen LogP contribution in [0.5, 0.6) is 0 Å². The van der Waals surface area contributed by atoms with Crippen LogP contribution in [-0.2, 0) is 9.53 Å². The molecule has 148 valence electrons. The summed E-state index contributed by atoms with van der Waals surface area (Å²) in [5.74, 6) is 4.82. The van der Waals surface area contributed by atoms with Crippen molar-refractivity contribution in [2.24, 2.45) is 10.9 Å². The highest BCUT2D eigenvalue weighted by Crippen LogP contribution is 2.19. The predicted molar refractivity (Wildman–Crippen MR) is 110 cm³/mol. The van der Waals surface area contributed by atoms with E-state index in [4.69, 9.17) is 10.6 Å². The van der Waals surface area contributed by atoms with Crippen molar-refractivity contribution in [1.82, 2.24) is 9.97 Å². The van der Waals surface area contributed by atoms with Crippen molar-refractivity contribution in [3.05, 3.63) is 46.5 Å². The molecule has 0 radical (unpaired) electrons. The van der Waals surface area contributed by atoms with Crippen LogP contribution in [0.1, 0.15) is 32.2 Å². The third kappa shape index (κ3) is 6.02. The number of aromatic nitrogens is 2. The van der Waals surface area contributed by atoms with E-state index in [-0.39, 0.29) is 5.71 Å². The van der Waals surface area contributed by atoms with Crippen molar-refractivity contribution in [3.8, 4) is 0 Å². The summed E-state index contributed by atoms with van der Waals surface area (Å²) >= 11 is 3.28. The average molecular weight is 449 g/mol. The molecule has 0 aliphatic carbocycles. The van der Waals surface area contributed by atoms with Gasteiger partial charge >= 0.3 is 6.09 Å². The molecule has 10 heteroatoms. The first-order valence-corrected chi connectivity index (χ1v) is 9.06. The average Bonchev–Trinajstić information content (AvgIpc) is 2.58. The highest BCUT2D eigenvalue weighted by Gasteiger charge is 2.19. The van der Waals surface area contributed by atoms with Crippen molar-refractivity contribution in [3.63, 3.8) is 0 Å². The number of nitrogens with zero attached hydrogens (tertiary/aromatic N) is 3. The standard InChI is InChI=1S/C18H21BrN6O3/c1-10-14(7-12(9-21-10)23-17(27)28-18(2,3)4)24-16(26)15(25-20)13-6-5-11(19)8-22-13/h5-9H,20H2,1-4H3,(H,23,27)(H,24,26). The maximum atomic E-state index is 12.6. The number of nitrogens with one attached hydrogen (secondary N) is 2. The van der Waals surface area contributed by atoms with E-state index >= 15 is 0 Å². The second-order valence-corrected chi connectivity index (χ2v) is 7.69. The zero-order chi connectivity index (χ0) is 20.9. The molecule has 0 aliphatic heterocycles. The zero-order valence-corrected chi connectivity index (χ0v) is 17.5. The lowest BCUT2D eigenvalue weighted by molar-refractivity contribution is -0.110. The molecule has 2 rings (SSSR count). The molecule has 0 atom stereocenters. The number of hydrogen-bond acceptors (Lipinski definition) is 7. The summed E-state index contributed by atoms with van der Waals surface area (Å²) in [6.45, 7) is 6.99. The molecule has 2 heterocycles. The van der Waals surface area contributed by atoms with Crippen LogP contribution in [0, 0.1) is 6.92 Å². The molecule has 0 fully saturated rings. The number of hydrogen-bond donors (Lipinski definition) is 3. The normalized spacial score (nSPS) is 11.7. The Bertz CT molecular complexity index is 907. The van der Waals surface area contributed by atoms with E-state index in [0.29, 0.717) is 22.8 Å². The van der Waals surface area contributed by atoms with Gasteiger partial charge in [-0.15, -0.1) is 0 Å². The molecule has 2 aromatic rings. The number of pyridine rings is 2. The molecular weight excluding hydrogens is 428 g/mol. The lowest BCUT2D eigenvalue weighted by atomic mass is 10.2. The van der Waals surface area contributed by atoms with Gasteiger partial charge in [-0.05, 0) is 61.8 Å². The minimum atomic E-state index is -0.635. The lowest BCUT2D eigenvalue weighted by Gasteiger charge is -2.20. The Labute approximate surface area is 170 Å². The van der Waals surface area contributed by atoms with Gasteiger partial charge in [0.25, 0.3) is 5.91 Å². The molecule has 2 aromatic heterocycles. The summed E-state index contributed by atoms with van der Waals surface area (Å²) in [7, 11) is 0. The van der Waals surface area contributed by atoms with Crippen LogP contribution in [0.4, 0.5) is 16.2 Å². The maximum absolute atomic E-state index is 12.6. The van der Waals surface area contributed by atoms with Gasteiger partial charge in [0.2, 0.25) is 0 Å². The molecule has 0 spiro atoms. The van der Waals surface area contributed by atoms with Crippen LogP contribution >= 0.6 is 15.9 Å². The molecular formula is C18H21BrN6O3. The number of halogens is 1. The van der Waals surface area contributed by atoms with Crippen LogP contribution in [0.15, 0.2) is 40.2 Å². The van der Waals surface area contributed by atoms with E-state index < -0.39 is 17.6 Å². The number of ether oxygens (including phenoxy) is 1. The number of hydrazone groups is 1. The quantitative estimate of drug-likeness (QED) is 0.373. The van der Waals surface area contributed by atoms with Crippen LogP contribution in [0.25, 0.3) is 0 Å². The van der Waals surface area contributed by atoms with Gasteiger partial charge in [-0.1, -0.05) is 0 Å². The smallest absolute Gasteiger partial charge is 0.412 e. The first-order valence-electron chi connectivity index (χ1n) is 8.27. The fourth-order valence-corrected chi connectivity index (χ4v) is 2.32. The predicted octanol–water partition coefficient (Wildman–Crippen LogP) is 3.20. The monoisotopic (exact) mass is 448 g/mol. The first-order chi connectivity index (χ1) is 13.1. The van der Waals surface area contributed by atoms with Gasteiger partial charge in [-0.2, -0.15) is 5.10 Å². The number of carbonyl (C=O) groups is 2. The highest BCUT2D eigenvalue weighted by atomic mass is 79.9. The molecule has 0 saturated carbocycles. The molecule has 28 heavy (non-hydrogen) atoms. The van der Waals surface area contributed by atoms with E-state index in [1.54, 1.807) is 45.9 Å². The molecule has 0 saturated heterocycles. The third-order valence-corrected chi connectivity index (χ3v) is 3.76. The fraction of sp³-hybridized carbons (Fsp3) is 0.278. The van der Waals surface area contributed by atoms with Gasteiger partial charge in [0, 0.05) is 10.7 Å². The number of anilines is 2. The van der Waals surface area contributed by atoms with Crippen molar-refractivity contribution in [2.45, 2.75) is 33.3 Å². The Balaban J connectivity index is 2.17. The molecule has 0 bridgehead atoms. The molecule has 0 unspecified atom stereocenters. The third-order valence-electron chi connectivity index (χ3n) is 3.29. The van der Waals surface area contributed by atoms with E-state index in [1.807, 2.05) is 0 Å². The summed E-state index contributed by atoms with van der Waals surface area (Å²) in [5.41, 5.74) is 0.932. The Morgan fingerprint density at radius 3 is 2.46 bits per heavy atom. The van der Waals surface area contributed by atoms with Gasteiger partial charge in [0.1, 0.15) is 5.60 Å². The lowest BCUT2D eigenvalue weighted by Crippen LogP contribution is -2.28. The summed E-state index contributed by atoms with van der Waals surface area (Å²) in [5, 5.41) is 8.79. The van der Waals surface area contributed by atoms with Crippen molar-refractivity contribution < 1.29 is 14.3 Å². The fourth-order valence-electron chi connectivity index (χ4n) is 2.09. The van der Waals surface area contributed by atoms with Crippen molar-refractivity contribution in [1.29, 1.82) is 0 Å². The topological polar surface area (TPSA) is 132 Å². The van der Waals surface area contributed by atoms with Crippen molar-refractivity contribution in [2.75, 3.05) is 10.6 Å². The van der Waals surface area contributed by atoms with Crippen LogP contribution < -0.4 is 16.5 Å². The SMILES string of the molecule is Cc1ncc(NC(=O)OC(C)(C)C)cc1NC(=O)C(=NN)c1ccc(Br)cn1. The van der Waals surface area contributed by atoms with Gasteiger partial charge < -0.3 is 15.9 Å².